The molecule has 1 unspecified atom stereocenters. The van der Waals surface area contributed by atoms with E-state index in [1.807, 2.05) is 7.11 Å². The van der Waals surface area contributed by atoms with Crippen LogP contribution in [0.25, 0.3) is 291 Å². The van der Waals surface area contributed by atoms with E-state index in [9.17, 15) is 0 Å². The minimum atomic E-state index is -0.770. The Morgan fingerprint density at radius 3 is 0.561 bits per heavy atom. The van der Waals surface area contributed by atoms with Gasteiger partial charge in [0, 0.05) is 24.7 Å². The first-order valence-corrected chi connectivity index (χ1v) is 24.7. The van der Waals surface area contributed by atoms with Crippen LogP contribution in [-0.4, -0.2) is 12.9 Å². The van der Waals surface area contributed by atoms with Gasteiger partial charge in [0.15, 0.2) is 5.79 Å². The standard InChI is InChI=1S/C64H8O2/c1-62(65-2)3-63-58-50-42-32-22-14-6-4-5-8-12-10(6)18-26-20(12)30-24-16(8)17-9(5)13-11-7(4)15(14)23-29-19(11)27-21(13)31-25(17)35-34(24)46-40(30)48-38(26)44(36(42)28(18)22)52(58)54(48)60-56(46)57-47(35)41(31)49-39(27)45-37(29)43(33(23)32)51(50)59(63)53(45)55(49)61(57)64(60,63)66-62/h3H2,1-2H3. The molecular formula is C64H8O2. The number of benzene rings is 18. The maximum atomic E-state index is 8.46. The summed E-state index contributed by atoms with van der Waals surface area (Å²) in [6, 6.07) is 0. The zero-order valence-corrected chi connectivity index (χ0v) is 34.0. The van der Waals surface area contributed by atoms with Gasteiger partial charge in [-0.25, -0.2) is 0 Å². The van der Waals surface area contributed by atoms with Gasteiger partial charge in [0.05, 0.1) is 5.41 Å². The molecule has 28 aromatic carbocycles. The van der Waals surface area contributed by atoms with Crippen molar-refractivity contribution < 1.29 is 9.47 Å². The Morgan fingerprint density at radius 2 is 0.394 bits per heavy atom. The molecule has 0 bridgehead atoms. The van der Waals surface area contributed by atoms with Crippen LogP contribution in [-0.2, 0) is 20.5 Å². The highest BCUT2D eigenvalue weighted by Gasteiger charge is 2.76. The van der Waals surface area contributed by atoms with Gasteiger partial charge in [0.25, 0.3) is 0 Å². The fourth-order valence-electron chi connectivity index (χ4n) is 24.8. The van der Waals surface area contributed by atoms with E-state index < -0.39 is 16.8 Å². The molecule has 2 spiro atoms. The molecule has 0 radical (unpaired) electrons. The average molecular weight is 809 g/mol. The van der Waals surface area contributed by atoms with E-state index >= 15 is 0 Å². The van der Waals surface area contributed by atoms with Gasteiger partial charge >= 0.3 is 0 Å². The number of hydrogen-bond donors (Lipinski definition) is 0. The van der Waals surface area contributed by atoms with Crippen molar-refractivity contribution >= 4 is 291 Å². The van der Waals surface area contributed by atoms with Crippen molar-refractivity contribution in [2.45, 2.75) is 30.1 Å². The summed E-state index contributed by atoms with van der Waals surface area (Å²) in [4.78, 5) is 0. The first-order chi connectivity index (χ1) is 32.7. The molecule has 0 amide bonds. The molecular weight excluding hydrogens is 801 g/mol. The monoisotopic (exact) mass is 808 g/mol. The molecule has 1 saturated heterocycles. The summed E-state index contributed by atoms with van der Waals surface area (Å²) in [7, 11) is 1.96. The topological polar surface area (TPSA) is 18.5 Å². The van der Waals surface area contributed by atoms with Crippen molar-refractivity contribution in [2.24, 2.45) is 0 Å². The number of hydrogen-bond acceptors (Lipinski definition) is 2. The summed E-state index contributed by atoms with van der Waals surface area (Å²) >= 11 is 0. The Morgan fingerprint density at radius 1 is 0.242 bits per heavy atom. The van der Waals surface area contributed by atoms with E-state index in [4.69, 9.17) is 9.47 Å². The van der Waals surface area contributed by atoms with Crippen LogP contribution >= 0.6 is 0 Å². The van der Waals surface area contributed by atoms with Crippen molar-refractivity contribution in [1.29, 1.82) is 0 Å². The van der Waals surface area contributed by atoms with Crippen LogP contribution in [0, 0.1) is 0 Å². The molecule has 2 heteroatoms. The highest BCUT2D eigenvalue weighted by molar-refractivity contribution is 6.82. The molecule has 0 aromatic heterocycles. The van der Waals surface area contributed by atoms with Crippen LogP contribution in [0.15, 0.2) is 0 Å². The third-order valence-corrected chi connectivity index (χ3v) is 24.8. The molecule has 0 N–H and O–H groups in total. The maximum absolute atomic E-state index is 8.46. The summed E-state index contributed by atoms with van der Waals surface area (Å²) in [5.74, 6) is -0.770. The van der Waals surface area contributed by atoms with Crippen LogP contribution in [0.4, 0.5) is 0 Å². The fraction of sp³-hybridized carbons (Fsp3) is 0.0938. The number of rotatable bonds is 1. The Balaban J connectivity index is 1.26. The molecule has 1 heterocycles. The molecule has 1 aliphatic heterocycles. The Kier molecular flexibility index (Phi) is 1.89. The lowest BCUT2D eigenvalue weighted by atomic mass is 9.54. The van der Waals surface area contributed by atoms with Crippen LogP contribution in [0.1, 0.15) is 35.6 Å². The van der Waals surface area contributed by atoms with Crippen molar-refractivity contribution in [2.75, 3.05) is 7.11 Å². The second kappa shape index (κ2) is 5.19. The summed E-state index contributed by atoms with van der Waals surface area (Å²) in [5, 5.41) is 87.9. The zero-order valence-electron chi connectivity index (χ0n) is 34.0. The van der Waals surface area contributed by atoms with E-state index in [1.165, 1.54) is 0 Å². The summed E-state index contributed by atoms with van der Waals surface area (Å²) < 4.78 is 15.4. The van der Waals surface area contributed by atoms with Crippen molar-refractivity contribution in [3.05, 3.63) is 22.3 Å². The molecule has 1 atom stereocenters. The predicted octanol–water partition coefficient (Wildman–Crippen LogP) is 17.0. The second-order valence-corrected chi connectivity index (χ2v) is 25.0. The highest BCUT2D eigenvalue weighted by atomic mass is 16.7. The minimum absolute atomic E-state index is 0.414. The van der Waals surface area contributed by atoms with Gasteiger partial charge in [-0.3, -0.25) is 0 Å². The lowest BCUT2D eigenvalue weighted by molar-refractivity contribution is -0.221. The van der Waals surface area contributed by atoms with Gasteiger partial charge in [0.2, 0.25) is 0 Å². The first-order valence-electron chi connectivity index (χ1n) is 24.7. The van der Waals surface area contributed by atoms with Crippen LogP contribution in [0.2, 0.25) is 0 Å². The summed E-state index contributed by atoms with van der Waals surface area (Å²) in [5.41, 5.74) is 5.31. The second-order valence-electron chi connectivity index (χ2n) is 25.0. The largest absolute Gasteiger partial charge is 0.353 e. The summed E-state index contributed by atoms with van der Waals surface area (Å²) in [6.45, 7) is 2.33. The Labute approximate surface area is 358 Å². The van der Waals surface area contributed by atoms with E-state index in [0.29, 0.717) is 0 Å². The van der Waals surface area contributed by atoms with Gasteiger partial charge < -0.3 is 9.47 Å². The van der Waals surface area contributed by atoms with Gasteiger partial charge in [0.1, 0.15) is 5.60 Å². The summed E-state index contributed by atoms with van der Waals surface area (Å²) in [6.07, 6.45) is 0.839. The predicted molar refractivity (Wildman–Crippen MR) is 275 cm³/mol. The first kappa shape index (κ1) is 24.1. The van der Waals surface area contributed by atoms with Crippen LogP contribution in [0.3, 0.4) is 0 Å². The van der Waals surface area contributed by atoms with E-state index in [-0.39, 0.29) is 0 Å². The average Bonchev–Trinajstić information content (AvgIpc) is 4.17. The quantitative estimate of drug-likeness (QED) is 0.154. The van der Waals surface area contributed by atoms with Gasteiger partial charge in [-0.2, -0.15) is 0 Å². The molecule has 276 valence electrons. The van der Waals surface area contributed by atoms with E-state index in [2.05, 4.69) is 6.92 Å². The number of methoxy groups -OCH3 is 1. The number of ether oxygens (including phenoxy) is 2. The molecule has 33 rings (SSSR count). The zero-order chi connectivity index (χ0) is 39.1. The maximum Gasteiger partial charge on any atom is 0.168 e. The third kappa shape index (κ3) is 1.20. The highest BCUT2D eigenvalue weighted by Crippen LogP contribution is 2.86. The molecule has 28 aromatic rings. The van der Waals surface area contributed by atoms with Gasteiger partial charge in [-0.15, -0.1) is 0 Å². The lowest BCUT2D eigenvalue weighted by Crippen LogP contribution is -2.48. The van der Waals surface area contributed by atoms with E-state index in [1.54, 1.807) is 313 Å². The van der Waals surface area contributed by atoms with Crippen molar-refractivity contribution in [1.82, 2.24) is 0 Å². The molecule has 4 aliphatic carbocycles. The fourth-order valence-corrected chi connectivity index (χ4v) is 24.8. The van der Waals surface area contributed by atoms with Gasteiger partial charge in [-0.1, -0.05) is 0 Å². The van der Waals surface area contributed by atoms with Crippen LogP contribution < -0.4 is 0 Å². The molecule has 1 fully saturated rings. The smallest absolute Gasteiger partial charge is 0.168 e. The minimum Gasteiger partial charge on any atom is -0.353 e. The molecule has 0 saturated carbocycles. The van der Waals surface area contributed by atoms with Gasteiger partial charge in [-0.05, 0) is 309 Å². The molecule has 2 nitrogen and oxygen atoms in total. The molecule has 5 aliphatic rings. The molecule has 66 heavy (non-hydrogen) atoms. The Hall–Kier alpha value is -7.62. The van der Waals surface area contributed by atoms with Crippen LogP contribution in [0.5, 0.6) is 0 Å². The van der Waals surface area contributed by atoms with E-state index in [0.717, 1.165) is 6.42 Å². The normalized spacial score (nSPS) is 25.5. The lowest BCUT2D eigenvalue weighted by Gasteiger charge is -2.48. The SMILES string of the molecule is COC1(C)CC23c4c5c6c7c8c9c(c%10c%11c2c2c4c4c%12c5c5c6c6c8c8c%13c9c9c%10c%10c%11c%11c2c2c4c4c%12c%12c5c5c6c8c6c8c%13c9c9c%10c%10c%11c2c2c4c4c%12c5c6c5c8c9c%10c2c45)C73O1. The Bertz CT molecular complexity index is 6470. The third-order valence-electron chi connectivity index (χ3n) is 24.8. The van der Waals surface area contributed by atoms with Crippen molar-refractivity contribution in [3.8, 4) is 0 Å². The van der Waals surface area contributed by atoms with Crippen molar-refractivity contribution in [3.63, 3.8) is 0 Å².